The zero-order valence-corrected chi connectivity index (χ0v) is 17.6. The van der Waals surface area contributed by atoms with Crippen LogP contribution in [0.25, 0.3) is 6.08 Å². The Kier molecular flexibility index (Phi) is 6.44. The summed E-state index contributed by atoms with van der Waals surface area (Å²) in [6.45, 7) is 5.18. The van der Waals surface area contributed by atoms with Crippen molar-refractivity contribution in [2.75, 3.05) is 5.32 Å². The predicted octanol–water partition coefficient (Wildman–Crippen LogP) is 5.07. The number of carbonyl (C=O) groups is 1. The van der Waals surface area contributed by atoms with Gasteiger partial charge in [0.2, 0.25) is 5.91 Å². The molecule has 3 rings (SSSR count). The second-order valence-corrected chi connectivity index (χ2v) is 7.32. The van der Waals surface area contributed by atoms with Crippen molar-refractivity contribution in [1.29, 1.82) is 0 Å². The van der Waals surface area contributed by atoms with Crippen LogP contribution in [0.1, 0.15) is 23.7 Å². The van der Waals surface area contributed by atoms with Crippen LogP contribution in [0.2, 0.25) is 15.1 Å². The third-order valence-electron chi connectivity index (χ3n) is 4.14. The van der Waals surface area contributed by atoms with Gasteiger partial charge in [-0.1, -0.05) is 40.9 Å². The van der Waals surface area contributed by atoms with E-state index >= 15 is 0 Å². The number of nitrogens with zero attached hydrogens (tertiary/aromatic N) is 4. The summed E-state index contributed by atoms with van der Waals surface area (Å²) in [4.78, 5) is 12.2. The molecule has 0 fully saturated rings. The molecular weight excluding hydrogens is 421 g/mol. The molecule has 6 nitrogen and oxygen atoms in total. The van der Waals surface area contributed by atoms with Gasteiger partial charge in [0.1, 0.15) is 5.02 Å². The first-order valence-corrected chi connectivity index (χ1v) is 9.69. The molecule has 0 unspecified atom stereocenters. The summed E-state index contributed by atoms with van der Waals surface area (Å²) in [6.07, 6.45) is 6.50. The van der Waals surface area contributed by atoms with Crippen LogP contribution < -0.4 is 5.32 Å². The van der Waals surface area contributed by atoms with E-state index in [1.54, 1.807) is 35.3 Å². The fraction of sp³-hybridized carbons (Fsp3) is 0.211. The highest BCUT2D eigenvalue weighted by Crippen LogP contribution is 2.24. The van der Waals surface area contributed by atoms with Gasteiger partial charge in [0.05, 0.1) is 22.8 Å². The van der Waals surface area contributed by atoms with Crippen molar-refractivity contribution in [1.82, 2.24) is 19.6 Å². The van der Waals surface area contributed by atoms with Crippen LogP contribution in [-0.4, -0.2) is 25.5 Å². The highest BCUT2D eigenvalue weighted by molar-refractivity contribution is 6.42. The summed E-state index contributed by atoms with van der Waals surface area (Å²) in [5.41, 5.74) is 2.79. The fourth-order valence-electron chi connectivity index (χ4n) is 2.66. The summed E-state index contributed by atoms with van der Waals surface area (Å²) in [5, 5.41) is 12.5. The lowest BCUT2D eigenvalue weighted by Crippen LogP contribution is -2.09. The van der Waals surface area contributed by atoms with Gasteiger partial charge in [0.15, 0.2) is 5.82 Å². The molecule has 2 aromatic heterocycles. The Morgan fingerprint density at radius 1 is 1.21 bits per heavy atom. The first-order chi connectivity index (χ1) is 13.4. The third-order valence-corrected chi connectivity index (χ3v) is 5.16. The van der Waals surface area contributed by atoms with Crippen LogP contribution in [0.5, 0.6) is 0 Å². The quantitative estimate of drug-likeness (QED) is 0.547. The molecule has 0 spiro atoms. The number of nitrogens with one attached hydrogen (secondary N) is 1. The second-order valence-electron chi connectivity index (χ2n) is 6.10. The Balaban J connectivity index is 1.67. The number of carbonyl (C=O) groups excluding carboxylic acids is 1. The largest absolute Gasteiger partial charge is 0.304 e. The summed E-state index contributed by atoms with van der Waals surface area (Å²) in [7, 11) is 0. The van der Waals surface area contributed by atoms with Crippen molar-refractivity contribution >= 4 is 52.6 Å². The van der Waals surface area contributed by atoms with Gasteiger partial charge in [-0.15, -0.1) is 0 Å². The first kappa shape index (κ1) is 20.5. The number of aromatic nitrogens is 4. The molecule has 0 bridgehead atoms. The molecule has 0 saturated heterocycles. The Morgan fingerprint density at radius 3 is 2.68 bits per heavy atom. The lowest BCUT2D eigenvalue weighted by atomic mass is 10.2. The molecule has 3 aromatic rings. The van der Waals surface area contributed by atoms with Crippen molar-refractivity contribution in [3.63, 3.8) is 0 Å². The van der Waals surface area contributed by atoms with Crippen molar-refractivity contribution < 1.29 is 4.79 Å². The number of aryl methyl sites for hydroxylation is 1. The lowest BCUT2D eigenvalue weighted by molar-refractivity contribution is -0.111. The van der Waals surface area contributed by atoms with E-state index in [9.17, 15) is 4.79 Å². The van der Waals surface area contributed by atoms with Crippen LogP contribution in [-0.2, 0) is 17.9 Å². The lowest BCUT2D eigenvalue weighted by Gasteiger charge is -2.03. The molecule has 146 valence electrons. The number of rotatable bonds is 6. The van der Waals surface area contributed by atoms with Gasteiger partial charge in [-0.05, 0) is 37.6 Å². The molecule has 0 saturated carbocycles. The number of hydrogen-bond donors (Lipinski definition) is 1. The average molecular weight is 439 g/mol. The molecule has 2 heterocycles. The molecule has 1 N–H and O–H groups in total. The molecule has 1 amide bonds. The minimum atomic E-state index is -0.328. The zero-order valence-electron chi connectivity index (χ0n) is 15.3. The summed E-state index contributed by atoms with van der Waals surface area (Å²) < 4.78 is 3.48. The molecular formula is C19H18Cl3N5O. The van der Waals surface area contributed by atoms with E-state index < -0.39 is 0 Å². The van der Waals surface area contributed by atoms with Gasteiger partial charge >= 0.3 is 0 Å². The molecule has 9 heteroatoms. The van der Waals surface area contributed by atoms with E-state index in [1.807, 2.05) is 24.6 Å². The zero-order chi connectivity index (χ0) is 20.3. The maximum absolute atomic E-state index is 12.2. The van der Waals surface area contributed by atoms with Crippen molar-refractivity contribution in [3.05, 3.63) is 68.6 Å². The minimum Gasteiger partial charge on any atom is -0.304 e. The van der Waals surface area contributed by atoms with Gasteiger partial charge in [0, 0.05) is 30.1 Å². The Bertz CT molecular complexity index is 1040. The van der Waals surface area contributed by atoms with E-state index in [1.165, 1.54) is 6.08 Å². The van der Waals surface area contributed by atoms with Crippen LogP contribution in [0.3, 0.4) is 0 Å². The summed E-state index contributed by atoms with van der Waals surface area (Å²) in [5.74, 6) is -0.0392. The summed E-state index contributed by atoms with van der Waals surface area (Å²) in [6, 6.07) is 5.34. The Hall–Kier alpha value is -2.28. The maximum Gasteiger partial charge on any atom is 0.249 e. The van der Waals surface area contributed by atoms with Gasteiger partial charge in [-0.3, -0.25) is 14.2 Å². The normalized spacial score (nSPS) is 11.3. The van der Waals surface area contributed by atoms with Crippen LogP contribution in [0.4, 0.5) is 5.82 Å². The van der Waals surface area contributed by atoms with E-state index in [0.29, 0.717) is 21.6 Å². The van der Waals surface area contributed by atoms with Gasteiger partial charge < -0.3 is 5.32 Å². The number of amides is 1. The average Bonchev–Trinajstić information content (AvgIpc) is 3.18. The number of halogens is 3. The number of hydrogen-bond acceptors (Lipinski definition) is 3. The molecule has 0 aliphatic carbocycles. The molecule has 0 aliphatic heterocycles. The molecule has 0 atom stereocenters. The molecule has 1 aromatic carbocycles. The predicted molar refractivity (Wildman–Crippen MR) is 113 cm³/mol. The topological polar surface area (TPSA) is 64.7 Å². The van der Waals surface area contributed by atoms with Gasteiger partial charge in [0.25, 0.3) is 0 Å². The second kappa shape index (κ2) is 8.82. The third kappa shape index (κ3) is 4.76. The van der Waals surface area contributed by atoms with Crippen molar-refractivity contribution in [2.24, 2.45) is 0 Å². The van der Waals surface area contributed by atoms with E-state index in [-0.39, 0.29) is 11.7 Å². The smallest absolute Gasteiger partial charge is 0.249 e. The van der Waals surface area contributed by atoms with Crippen LogP contribution in [0.15, 0.2) is 36.7 Å². The molecule has 28 heavy (non-hydrogen) atoms. The molecule has 0 aliphatic rings. The monoisotopic (exact) mass is 437 g/mol. The number of benzene rings is 1. The fourth-order valence-corrected chi connectivity index (χ4v) is 3.17. The molecule has 0 radical (unpaired) electrons. The van der Waals surface area contributed by atoms with E-state index in [4.69, 9.17) is 34.8 Å². The summed E-state index contributed by atoms with van der Waals surface area (Å²) >= 11 is 18.2. The standard InChI is InChI=1S/C19H18Cl3N5O/c1-3-27-12(2)14(9-23-27)5-7-18(28)24-19-17(22)11-26(25-19)10-13-4-6-15(20)16(21)8-13/h4-9,11H,3,10H2,1-2H3,(H,24,25,28)/b7-5+. The first-order valence-electron chi connectivity index (χ1n) is 8.55. The van der Waals surface area contributed by atoms with Gasteiger partial charge in [-0.25, -0.2) is 0 Å². The Labute approximate surface area is 177 Å². The van der Waals surface area contributed by atoms with Crippen molar-refractivity contribution in [2.45, 2.75) is 26.9 Å². The van der Waals surface area contributed by atoms with Crippen molar-refractivity contribution in [3.8, 4) is 0 Å². The highest BCUT2D eigenvalue weighted by Gasteiger charge is 2.10. The highest BCUT2D eigenvalue weighted by atomic mass is 35.5. The maximum atomic E-state index is 12.2. The van der Waals surface area contributed by atoms with Gasteiger partial charge in [-0.2, -0.15) is 10.2 Å². The number of anilines is 1. The van der Waals surface area contributed by atoms with E-state index in [2.05, 4.69) is 15.5 Å². The SMILES string of the molecule is CCn1ncc(/C=C/C(=O)Nc2nn(Cc3ccc(Cl)c(Cl)c3)cc2Cl)c1C. The Morgan fingerprint density at radius 2 is 2.00 bits per heavy atom. The van der Waals surface area contributed by atoms with E-state index in [0.717, 1.165) is 23.4 Å². The van der Waals surface area contributed by atoms with Crippen LogP contribution >= 0.6 is 34.8 Å². The van der Waals surface area contributed by atoms with Crippen LogP contribution in [0, 0.1) is 6.92 Å². The minimum absolute atomic E-state index is 0.289.